The number of para-hydroxylation sites is 1. The third kappa shape index (κ3) is 3.68. The second-order valence-corrected chi connectivity index (χ2v) is 7.07. The number of aromatic nitrogens is 1. The Morgan fingerprint density at radius 3 is 2.79 bits per heavy atom. The summed E-state index contributed by atoms with van der Waals surface area (Å²) in [6, 6.07) is 15.5. The van der Waals surface area contributed by atoms with Gasteiger partial charge in [-0.3, -0.25) is 9.69 Å². The molecule has 2 atom stereocenters. The molecule has 6 nitrogen and oxygen atoms in total. The molecule has 1 amide bonds. The highest BCUT2D eigenvalue weighted by molar-refractivity contribution is 5.85. The van der Waals surface area contributed by atoms with Crippen molar-refractivity contribution in [3.63, 3.8) is 0 Å². The number of rotatable bonds is 6. The molecule has 4 rings (SSSR count). The maximum absolute atomic E-state index is 12.5. The lowest BCUT2D eigenvalue weighted by Gasteiger charge is -2.22. The van der Waals surface area contributed by atoms with Crippen LogP contribution < -0.4 is 14.8 Å². The van der Waals surface area contributed by atoms with Crippen LogP contribution in [0.25, 0.3) is 10.9 Å². The zero-order valence-electron chi connectivity index (χ0n) is 16.1. The number of hydrogen-bond donors (Lipinski definition) is 2. The maximum atomic E-state index is 12.5. The van der Waals surface area contributed by atoms with Gasteiger partial charge in [0.25, 0.3) is 0 Å². The highest BCUT2D eigenvalue weighted by Gasteiger charge is 2.37. The number of nitrogens with zero attached hydrogens (tertiary/aromatic N) is 1. The van der Waals surface area contributed by atoms with Crippen LogP contribution in [0.3, 0.4) is 0 Å². The molecule has 0 unspecified atom stereocenters. The highest BCUT2D eigenvalue weighted by atomic mass is 16.5. The number of likely N-dealkylation sites (tertiary alicyclic amines) is 1. The molecule has 0 bridgehead atoms. The number of hydrogen-bond acceptors (Lipinski definition) is 4. The van der Waals surface area contributed by atoms with E-state index in [1.807, 2.05) is 54.7 Å². The van der Waals surface area contributed by atoms with E-state index in [1.165, 1.54) is 0 Å². The third-order valence-corrected chi connectivity index (χ3v) is 5.31. The molecule has 0 saturated carbocycles. The van der Waals surface area contributed by atoms with E-state index in [9.17, 15) is 4.79 Å². The van der Waals surface area contributed by atoms with Crippen LogP contribution in [0.15, 0.2) is 54.7 Å². The van der Waals surface area contributed by atoms with Gasteiger partial charge in [0.2, 0.25) is 5.91 Å². The Kier molecular flexibility index (Phi) is 5.21. The number of carbonyl (C=O) groups excluding carboxylic acids is 1. The summed E-state index contributed by atoms with van der Waals surface area (Å²) in [5.41, 5.74) is 2.20. The second-order valence-electron chi connectivity index (χ2n) is 7.07. The first kappa shape index (κ1) is 18.4. The normalized spacial score (nSPS) is 19.6. The van der Waals surface area contributed by atoms with Crippen molar-refractivity contribution in [1.29, 1.82) is 0 Å². The lowest BCUT2D eigenvalue weighted by atomic mass is 10.1. The van der Waals surface area contributed by atoms with Gasteiger partial charge in [-0.05, 0) is 35.9 Å². The molecule has 0 spiro atoms. The SMILES string of the molecule is CNC(=O)[C@H]1C[C@H](Oc2ccccc2)CN1Cc1c[nH]c2ccc(OC)cc12. The minimum Gasteiger partial charge on any atom is -0.497 e. The Morgan fingerprint density at radius 1 is 1.21 bits per heavy atom. The quantitative estimate of drug-likeness (QED) is 0.691. The van der Waals surface area contributed by atoms with E-state index >= 15 is 0 Å². The first-order valence-electron chi connectivity index (χ1n) is 9.49. The van der Waals surface area contributed by atoms with E-state index < -0.39 is 0 Å². The molecule has 3 aromatic rings. The molecular formula is C22H25N3O3. The summed E-state index contributed by atoms with van der Waals surface area (Å²) in [5, 5.41) is 3.91. The molecule has 1 saturated heterocycles. The number of ether oxygens (including phenoxy) is 2. The Hall–Kier alpha value is -2.99. The van der Waals surface area contributed by atoms with Crippen molar-refractivity contribution in [2.45, 2.75) is 25.1 Å². The number of fused-ring (bicyclic) bond motifs is 1. The van der Waals surface area contributed by atoms with E-state index in [0.717, 1.165) is 28.0 Å². The lowest BCUT2D eigenvalue weighted by molar-refractivity contribution is -0.125. The van der Waals surface area contributed by atoms with Gasteiger partial charge in [-0.1, -0.05) is 18.2 Å². The topological polar surface area (TPSA) is 66.6 Å². The summed E-state index contributed by atoms with van der Waals surface area (Å²) in [6.07, 6.45) is 2.65. The summed E-state index contributed by atoms with van der Waals surface area (Å²) < 4.78 is 11.5. The summed E-state index contributed by atoms with van der Waals surface area (Å²) >= 11 is 0. The summed E-state index contributed by atoms with van der Waals surface area (Å²) in [7, 11) is 3.35. The van der Waals surface area contributed by atoms with Gasteiger partial charge >= 0.3 is 0 Å². The van der Waals surface area contributed by atoms with Crippen LogP contribution in [0.1, 0.15) is 12.0 Å². The predicted octanol–water partition coefficient (Wildman–Crippen LogP) is 2.94. The minimum atomic E-state index is -0.214. The van der Waals surface area contributed by atoms with Gasteiger partial charge in [0.1, 0.15) is 17.6 Å². The molecule has 28 heavy (non-hydrogen) atoms. The van der Waals surface area contributed by atoms with Gasteiger partial charge in [0.05, 0.1) is 13.2 Å². The second kappa shape index (κ2) is 7.94. The van der Waals surface area contributed by atoms with E-state index in [0.29, 0.717) is 19.5 Å². The van der Waals surface area contributed by atoms with E-state index in [4.69, 9.17) is 9.47 Å². The van der Waals surface area contributed by atoms with Crippen molar-refractivity contribution < 1.29 is 14.3 Å². The van der Waals surface area contributed by atoms with Crippen molar-refractivity contribution >= 4 is 16.8 Å². The fourth-order valence-electron chi connectivity index (χ4n) is 3.89. The monoisotopic (exact) mass is 379 g/mol. The van der Waals surface area contributed by atoms with Crippen LogP contribution in [-0.4, -0.2) is 48.6 Å². The summed E-state index contributed by atoms with van der Waals surface area (Å²) in [5.74, 6) is 1.68. The highest BCUT2D eigenvalue weighted by Crippen LogP contribution is 2.29. The number of nitrogens with one attached hydrogen (secondary N) is 2. The van der Waals surface area contributed by atoms with Gasteiger partial charge in [-0.25, -0.2) is 0 Å². The number of methoxy groups -OCH3 is 1. The summed E-state index contributed by atoms with van der Waals surface area (Å²) in [4.78, 5) is 18.0. The van der Waals surface area contributed by atoms with Crippen LogP contribution in [0.4, 0.5) is 0 Å². The zero-order chi connectivity index (χ0) is 19.5. The van der Waals surface area contributed by atoms with Gasteiger partial charge in [0, 0.05) is 43.7 Å². The third-order valence-electron chi connectivity index (χ3n) is 5.31. The predicted molar refractivity (Wildman–Crippen MR) is 109 cm³/mol. The molecule has 0 radical (unpaired) electrons. The first-order chi connectivity index (χ1) is 13.7. The fourth-order valence-corrected chi connectivity index (χ4v) is 3.89. The van der Waals surface area contributed by atoms with Crippen LogP contribution in [0.5, 0.6) is 11.5 Å². The van der Waals surface area contributed by atoms with E-state index in [1.54, 1.807) is 14.2 Å². The minimum absolute atomic E-state index is 0.0237. The average molecular weight is 379 g/mol. The number of aromatic amines is 1. The Bertz CT molecular complexity index is 954. The average Bonchev–Trinajstić information content (AvgIpc) is 3.32. The van der Waals surface area contributed by atoms with Crippen molar-refractivity contribution in [3.05, 3.63) is 60.3 Å². The molecule has 2 heterocycles. The molecule has 2 aromatic carbocycles. The molecule has 2 N–H and O–H groups in total. The maximum Gasteiger partial charge on any atom is 0.237 e. The standard InChI is InChI=1S/C22H25N3O3/c1-23-22(26)21-11-18(28-16-6-4-3-5-7-16)14-25(21)13-15-12-24-20-9-8-17(27-2)10-19(15)20/h3-10,12,18,21,24H,11,13-14H2,1-2H3,(H,23,26)/t18-,21+/m0/s1. The molecule has 6 heteroatoms. The van der Waals surface area contributed by atoms with Crippen molar-refractivity contribution in [3.8, 4) is 11.5 Å². The van der Waals surface area contributed by atoms with Gasteiger partial charge in [0.15, 0.2) is 0 Å². The number of carbonyl (C=O) groups is 1. The Balaban J connectivity index is 1.55. The molecule has 1 fully saturated rings. The van der Waals surface area contributed by atoms with Crippen molar-refractivity contribution in [2.75, 3.05) is 20.7 Å². The van der Waals surface area contributed by atoms with Crippen LogP contribution >= 0.6 is 0 Å². The molecule has 1 aromatic heterocycles. The number of H-pyrrole nitrogens is 1. The van der Waals surface area contributed by atoms with Crippen molar-refractivity contribution in [2.24, 2.45) is 0 Å². The van der Waals surface area contributed by atoms with Crippen LogP contribution in [0, 0.1) is 0 Å². The molecule has 0 aliphatic carbocycles. The Labute approximate surface area is 164 Å². The lowest BCUT2D eigenvalue weighted by Crippen LogP contribution is -2.41. The smallest absolute Gasteiger partial charge is 0.237 e. The fraction of sp³-hybridized carbons (Fsp3) is 0.318. The van der Waals surface area contributed by atoms with E-state index in [-0.39, 0.29) is 18.1 Å². The largest absolute Gasteiger partial charge is 0.497 e. The summed E-state index contributed by atoms with van der Waals surface area (Å²) in [6.45, 7) is 1.36. The molecule has 1 aliphatic rings. The van der Waals surface area contributed by atoms with Crippen molar-refractivity contribution in [1.82, 2.24) is 15.2 Å². The van der Waals surface area contributed by atoms with Crippen LogP contribution in [-0.2, 0) is 11.3 Å². The van der Waals surface area contributed by atoms with Gasteiger partial charge < -0.3 is 19.8 Å². The number of amides is 1. The molecular weight excluding hydrogens is 354 g/mol. The number of benzene rings is 2. The molecule has 146 valence electrons. The Morgan fingerprint density at radius 2 is 2.04 bits per heavy atom. The van der Waals surface area contributed by atoms with E-state index in [2.05, 4.69) is 15.2 Å². The molecule has 1 aliphatic heterocycles. The van der Waals surface area contributed by atoms with Crippen LogP contribution in [0.2, 0.25) is 0 Å². The zero-order valence-corrected chi connectivity index (χ0v) is 16.1. The number of likely N-dealkylation sites (N-methyl/N-ethyl adjacent to an activating group) is 1. The van der Waals surface area contributed by atoms with Gasteiger partial charge in [-0.15, -0.1) is 0 Å². The van der Waals surface area contributed by atoms with Gasteiger partial charge in [-0.2, -0.15) is 0 Å². The first-order valence-corrected chi connectivity index (χ1v) is 9.49.